The summed E-state index contributed by atoms with van der Waals surface area (Å²) < 4.78 is 8.71. The number of benzene rings is 6. The van der Waals surface area contributed by atoms with Crippen molar-refractivity contribution in [2.75, 3.05) is 0 Å². The molecule has 9 aromatic rings. The van der Waals surface area contributed by atoms with E-state index >= 15 is 0 Å². The maximum absolute atomic E-state index is 6.29. The highest BCUT2D eigenvalue weighted by Crippen LogP contribution is 2.52. The lowest BCUT2D eigenvalue weighted by Crippen LogP contribution is -2.14. The van der Waals surface area contributed by atoms with Gasteiger partial charge in [0.2, 0.25) is 0 Å². The highest BCUT2D eigenvalue weighted by molar-refractivity contribution is 7.26. The van der Waals surface area contributed by atoms with Crippen LogP contribution in [0.5, 0.6) is 0 Å². The van der Waals surface area contributed by atoms with Crippen LogP contribution in [0.4, 0.5) is 0 Å². The van der Waals surface area contributed by atoms with E-state index in [0.29, 0.717) is 17.5 Å². The van der Waals surface area contributed by atoms with Crippen LogP contribution in [0.15, 0.2) is 132 Å². The van der Waals surface area contributed by atoms with E-state index in [4.69, 9.17) is 19.4 Å². The number of hydrogen-bond acceptors (Lipinski definition) is 5. The summed E-state index contributed by atoms with van der Waals surface area (Å²) in [6.45, 7) is 4.61. The van der Waals surface area contributed by atoms with Gasteiger partial charge in [-0.05, 0) is 46.5 Å². The number of para-hydroxylation sites is 1. The fourth-order valence-electron chi connectivity index (χ4n) is 7.56. The predicted molar refractivity (Wildman–Crippen MR) is 194 cm³/mol. The molecule has 0 radical (unpaired) electrons. The highest BCUT2D eigenvalue weighted by Gasteiger charge is 2.37. The molecule has 0 atom stereocenters. The molecule has 0 saturated carbocycles. The molecule has 0 spiro atoms. The monoisotopic (exact) mass is 621 g/mol. The van der Waals surface area contributed by atoms with Crippen molar-refractivity contribution in [3.8, 4) is 45.3 Å². The lowest BCUT2D eigenvalue weighted by atomic mass is 9.82. The average Bonchev–Trinajstić information content (AvgIpc) is 3.76. The summed E-state index contributed by atoms with van der Waals surface area (Å²) in [5.74, 6) is 1.95. The molecule has 0 bridgehead atoms. The molecular formula is C42H27N3OS. The standard InChI is InChI=1S/C42H27N3OS/c1-42(2)31-19-6-3-13-26(31)36-28(16-10-20-32(36)42)39-43-40(29-17-11-22-34-37(29)27-14-4-7-21-33(27)46-34)45-41(44-39)30-18-9-15-25-24-12-5-8-23-35(24)47-38(25)30/h3-23H,1-2H3. The first-order valence-electron chi connectivity index (χ1n) is 15.9. The number of fused-ring (bicyclic) bond motifs is 9. The first-order valence-corrected chi connectivity index (χ1v) is 16.7. The number of furan rings is 1. The van der Waals surface area contributed by atoms with Gasteiger partial charge in [0, 0.05) is 53.1 Å². The van der Waals surface area contributed by atoms with Crippen LogP contribution < -0.4 is 0 Å². The van der Waals surface area contributed by atoms with Crippen LogP contribution in [0.2, 0.25) is 0 Å². The summed E-state index contributed by atoms with van der Waals surface area (Å²) >= 11 is 1.79. The largest absolute Gasteiger partial charge is 0.456 e. The van der Waals surface area contributed by atoms with Crippen molar-refractivity contribution < 1.29 is 4.42 Å². The Labute approximate surface area is 275 Å². The first kappa shape index (κ1) is 26.6. The summed E-state index contributed by atoms with van der Waals surface area (Å²) in [6, 6.07) is 44.6. The predicted octanol–water partition coefficient (Wildman–Crippen LogP) is 11.4. The Balaban J connectivity index is 1.30. The van der Waals surface area contributed by atoms with Gasteiger partial charge in [0.05, 0.1) is 0 Å². The smallest absolute Gasteiger partial charge is 0.165 e. The van der Waals surface area contributed by atoms with Crippen LogP contribution in [-0.4, -0.2) is 15.0 Å². The molecule has 0 saturated heterocycles. The quantitative estimate of drug-likeness (QED) is 0.197. The van der Waals surface area contributed by atoms with Crippen molar-refractivity contribution in [1.82, 2.24) is 15.0 Å². The summed E-state index contributed by atoms with van der Waals surface area (Å²) in [5.41, 5.74) is 9.51. The van der Waals surface area contributed by atoms with Crippen LogP contribution in [0, 0.1) is 0 Å². The van der Waals surface area contributed by atoms with Crippen LogP contribution >= 0.6 is 11.3 Å². The minimum atomic E-state index is -0.134. The summed E-state index contributed by atoms with van der Waals surface area (Å²) in [5, 5.41) is 4.52. The first-order chi connectivity index (χ1) is 23.1. The second-order valence-corrected chi connectivity index (χ2v) is 13.8. The lowest BCUT2D eigenvalue weighted by molar-refractivity contribution is 0.660. The Morgan fingerprint density at radius 3 is 1.96 bits per heavy atom. The fourth-order valence-corrected chi connectivity index (χ4v) is 8.77. The van der Waals surface area contributed by atoms with Crippen molar-refractivity contribution in [3.63, 3.8) is 0 Å². The SMILES string of the molecule is CC1(C)c2ccccc2-c2c(-c3nc(-c4cccc5c4sc4ccccc45)nc(-c4cccc5oc6ccccc6c45)n3)cccc21. The van der Waals surface area contributed by atoms with Crippen molar-refractivity contribution in [2.45, 2.75) is 19.3 Å². The molecule has 6 aromatic carbocycles. The zero-order chi connectivity index (χ0) is 31.3. The molecule has 47 heavy (non-hydrogen) atoms. The Morgan fingerprint density at radius 1 is 0.489 bits per heavy atom. The maximum atomic E-state index is 6.29. The topological polar surface area (TPSA) is 51.8 Å². The fraction of sp³-hybridized carbons (Fsp3) is 0.0714. The lowest BCUT2D eigenvalue weighted by Gasteiger charge is -2.21. The number of nitrogens with zero attached hydrogens (tertiary/aromatic N) is 3. The van der Waals surface area contributed by atoms with E-state index < -0.39 is 0 Å². The molecule has 0 unspecified atom stereocenters. The van der Waals surface area contributed by atoms with Gasteiger partial charge in [-0.1, -0.05) is 117 Å². The molecule has 0 fully saturated rings. The molecule has 0 N–H and O–H groups in total. The van der Waals surface area contributed by atoms with E-state index in [1.54, 1.807) is 11.3 Å². The molecule has 0 amide bonds. The van der Waals surface area contributed by atoms with Gasteiger partial charge >= 0.3 is 0 Å². The highest BCUT2D eigenvalue weighted by atomic mass is 32.1. The zero-order valence-corrected chi connectivity index (χ0v) is 26.6. The minimum absolute atomic E-state index is 0.134. The molecule has 5 heteroatoms. The normalized spacial score (nSPS) is 13.5. The van der Waals surface area contributed by atoms with E-state index in [9.17, 15) is 0 Å². The van der Waals surface area contributed by atoms with Gasteiger partial charge in [0.15, 0.2) is 17.5 Å². The molecule has 1 aliphatic carbocycles. The molecule has 10 rings (SSSR count). The van der Waals surface area contributed by atoms with Gasteiger partial charge in [-0.25, -0.2) is 15.0 Å². The summed E-state index contributed by atoms with van der Waals surface area (Å²) in [7, 11) is 0. The Morgan fingerprint density at radius 2 is 1.06 bits per heavy atom. The second-order valence-electron chi connectivity index (χ2n) is 12.8. The molecule has 3 heterocycles. The molecule has 0 aliphatic heterocycles. The van der Waals surface area contributed by atoms with Gasteiger partial charge < -0.3 is 4.42 Å². The Bertz CT molecular complexity index is 2730. The van der Waals surface area contributed by atoms with Crippen LogP contribution in [-0.2, 0) is 5.41 Å². The van der Waals surface area contributed by atoms with Gasteiger partial charge in [-0.15, -0.1) is 11.3 Å². The maximum Gasteiger partial charge on any atom is 0.165 e. The molecular weight excluding hydrogens is 595 g/mol. The third-order valence-electron chi connectivity index (χ3n) is 9.77. The third-order valence-corrected chi connectivity index (χ3v) is 11.0. The molecule has 1 aliphatic rings. The molecule has 3 aromatic heterocycles. The van der Waals surface area contributed by atoms with E-state index in [-0.39, 0.29) is 5.41 Å². The second kappa shape index (κ2) is 9.68. The van der Waals surface area contributed by atoms with E-state index in [1.807, 2.05) is 30.3 Å². The van der Waals surface area contributed by atoms with Crippen LogP contribution in [0.1, 0.15) is 25.0 Å². The van der Waals surface area contributed by atoms with Gasteiger partial charge in [-0.2, -0.15) is 0 Å². The van der Waals surface area contributed by atoms with E-state index in [0.717, 1.165) is 38.6 Å². The van der Waals surface area contributed by atoms with Crippen LogP contribution in [0.3, 0.4) is 0 Å². The van der Waals surface area contributed by atoms with Crippen LogP contribution in [0.25, 0.3) is 87.4 Å². The van der Waals surface area contributed by atoms with Gasteiger partial charge in [0.1, 0.15) is 11.2 Å². The van der Waals surface area contributed by atoms with Crippen molar-refractivity contribution in [2.24, 2.45) is 0 Å². The van der Waals surface area contributed by atoms with Crippen molar-refractivity contribution >= 4 is 53.4 Å². The summed E-state index contributed by atoms with van der Waals surface area (Å²) in [6.07, 6.45) is 0. The zero-order valence-electron chi connectivity index (χ0n) is 25.8. The third kappa shape index (κ3) is 3.78. The van der Waals surface area contributed by atoms with Gasteiger partial charge in [-0.3, -0.25) is 0 Å². The van der Waals surface area contributed by atoms with Gasteiger partial charge in [0.25, 0.3) is 0 Å². The van der Waals surface area contributed by atoms with Crippen molar-refractivity contribution in [1.29, 1.82) is 0 Å². The average molecular weight is 622 g/mol. The van der Waals surface area contributed by atoms with E-state index in [1.165, 1.54) is 42.4 Å². The molecule has 222 valence electrons. The number of aromatic nitrogens is 3. The number of rotatable bonds is 3. The summed E-state index contributed by atoms with van der Waals surface area (Å²) in [4.78, 5) is 15.9. The Kier molecular flexibility index (Phi) is 5.47. The van der Waals surface area contributed by atoms with Crippen molar-refractivity contribution in [3.05, 3.63) is 139 Å². The Hall–Kier alpha value is -5.65. The van der Waals surface area contributed by atoms with E-state index in [2.05, 4.69) is 111 Å². The minimum Gasteiger partial charge on any atom is -0.456 e. The number of hydrogen-bond donors (Lipinski definition) is 0. The molecule has 4 nitrogen and oxygen atoms in total. The number of thiophene rings is 1.